The molecule has 42 heavy (non-hydrogen) atoms. The summed E-state index contributed by atoms with van der Waals surface area (Å²) in [4.78, 5) is 30.6. The normalized spacial score (nSPS) is 14.2. The Hall–Kier alpha value is -5.69. The Morgan fingerprint density at radius 3 is 2.69 bits per heavy atom. The molecule has 1 N–H and O–H groups in total. The number of nitriles is 1. The first-order valence-electron chi connectivity index (χ1n) is 12.9. The van der Waals surface area contributed by atoms with Crippen molar-refractivity contribution >= 4 is 16.9 Å². The summed E-state index contributed by atoms with van der Waals surface area (Å²) in [6, 6.07) is 19.1. The minimum Gasteiger partial charge on any atom is -0.496 e. The predicted molar refractivity (Wildman–Crippen MR) is 151 cm³/mol. The second kappa shape index (κ2) is 10.4. The largest absolute Gasteiger partial charge is 0.496 e. The van der Waals surface area contributed by atoms with Gasteiger partial charge in [0.25, 0.3) is 5.91 Å². The third-order valence-corrected chi connectivity index (χ3v) is 7.23. The SMILES string of the molecule is COc1ccc(C2C(C#N)=C(NC(=O)c3cccn3C)Oc3c2c(=O)oc2ccccc32)cc1-c1cnc(F)c(C)c1. The van der Waals surface area contributed by atoms with E-state index in [2.05, 4.69) is 16.4 Å². The summed E-state index contributed by atoms with van der Waals surface area (Å²) in [5, 5.41) is 13.7. The number of methoxy groups -OCH3 is 1. The number of ether oxygens (including phenoxy) is 2. The van der Waals surface area contributed by atoms with Crippen LogP contribution in [0.1, 0.15) is 33.1 Å². The van der Waals surface area contributed by atoms with Crippen molar-refractivity contribution in [1.29, 1.82) is 5.26 Å². The number of nitrogens with zero attached hydrogens (tertiary/aromatic N) is 3. The molecule has 0 saturated carbocycles. The van der Waals surface area contributed by atoms with Crippen LogP contribution in [0.15, 0.2) is 93.7 Å². The maximum atomic E-state index is 14.0. The average Bonchev–Trinajstić information content (AvgIpc) is 3.43. The third kappa shape index (κ3) is 4.37. The number of aromatic nitrogens is 2. The number of aryl methyl sites for hydroxylation is 2. The second-order valence-electron chi connectivity index (χ2n) is 9.77. The van der Waals surface area contributed by atoms with Gasteiger partial charge in [0.15, 0.2) is 5.75 Å². The Morgan fingerprint density at radius 1 is 1.17 bits per heavy atom. The molecule has 6 rings (SSSR count). The van der Waals surface area contributed by atoms with Crippen LogP contribution in [0.5, 0.6) is 11.5 Å². The number of hydrogen-bond acceptors (Lipinski definition) is 7. The molecule has 0 fully saturated rings. The molecule has 0 aliphatic carbocycles. The molecule has 0 bridgehead atoms. The zero-order valence-corrected chi connectivity index (χ0v) is 22.8. The molecule has 3 aromatic heterocycles. The van der Waals surface area contributed by atoms with Crippen LogP contribution >= 0.6 is 0 Å². The lowest BCUT2D eigenvalue weighted by molar-refractivity contribution is 0.0939. The molecule has 1 aliphatic heterocycles. The molecule has 10 heteroatoms. The van der Waals surface area contributed by atoms with Crippen molar-refractivity contribution in [2.24, 2.45) is 7.05 Å². The van der Waals surface area contributed by atoms with E-state index in [1.807, 2.05) is 0 Å². The van der Waals surface area contributed by atoms with Gasteiger partial charge in [-0.2, -0.15) is 9.65 Å². The van der Waals surface area contributed by atoms with Crippen LogP contribution in [0.2, 0.25) is 0 Å². The van der Waals surface area contributed by atoms with E-state index in [-0.39, 0.29) is 28.4 Å². The van der Waals surface area contributed by atoms with Gasteiger partial charge in [0.1, 0.15) is 28.7 Å². The standard InChI is InChI=1S/C32H23FN4O5/c1-17-13-19(16-35-29(17)33)21-14-18(10-11-24(21)40-3)26-22(15-34)31(36-30(38)23-8-6-12-37(23)2)42-28-20-7-4-5-9-25(20)41-32(39)27(26)28/h4-14,16,26H,1-3H3,(H,36,38). The van der Waals surface area contributed by atoms with E-state index in [4.69, 9.17) is 13.9 Å². The summed E-state index contributed by atoms with van der Waals surface area (Å²) < 4.78 is 33.0. The zero-order valence-electron chi connectivity index (χ0n) is 22.8. The van der Waals surface area contributed by atoms with Crippen LogP contribution in [0, 0.1) is 24.2 Å². The summed E-state index contributed by atoms with van der Waals surface area (Å²) in [6.07, 6.45) is 3.11. The number of nitrogens with one attached hydrogen (secondary N) is 1. The quantitative estimate of drug-likeness (QED) is 0.227. The number of pyridine rings is 1. The van der Waals surface area contributed by atoms with Crippen LogP contribution in [0.3, 0.4) is 0 Å². The second-order valence-corrected chi connectivity index (χ2v) is 9.77. The summed E-state index contributed by atoms with van der Waals surface area (Å²) >= 11 is 0. The van der Waals surface area contributed by atoms with Gasteiger partial charge in [0, 0.05) is 36.1 Å². The summed E-state index contributed by atoms with van der Waals surface area (Å²) in [5.74, 6) is -1.53. The maximum absolute atomic E-state index is 14.0. The Bertz CT molecular complexity index is 2040. The Labute approximate surface area is 239 Å². The van der Waals surface area contributed by atoms with Crippen LogP contribution in [0.4, 0.5) is 4.39 Å². The number of carbonyl (C=O) groups excluding carboxylic acids is 1. The molecule has 1 unspecified atom stereocenters. The van der Waals surface area contributed by atoms with Gasteiger partial charge >= 0.3 is 5.63 Å². The number of rotatable bonds is 5. The lowest BCUT2D eigenvalue weighted by Crippen LogP contribution is -2.33. The van der Waals surface area contributed by atoms with Gasteiger partial charge < -0.3 is 18.5 Å². The summed E-state index contributed by atoms with van der Waals surface area (Å²) in [5.41, 5.74) is 2.04. The Kier molecular flexibility index (Phi) is 6.55. The smallest absolute Gasteiger partial charge is 0.344 e. The molecule has 4 heterocycles. The van der Waals surface area contributed by atoms with Crippen LogP contribution in [0.25, 0.3) is 22.1 Å². The van der Waals surface area contributed by atoms with Crippen molar-refractivity contribution in [2.45, 2.75) is 12.8 Å². The van der Waals surface area contributed by atoms with Gasteiger partial charge in [0.05, 0.1) is 24.0 Å². The number of carbonyl (C=O) groups is 1. The fraction of sp³-hybridized carbons (Fsp3) is 0.125. The highest BCUT2D eigenvalue weighted by atomic mass is 19.1. The fourth-order valence-electron chi connectivity index (χ4n) is 5.17. The molecule has 0 radical (unpaired) electrons. The molecule has 2 aromatic carbocycles. The topological polar surface area (TPSA) is 119 Å². The fourth-order valence-corrected chi connectivity index (χ4v) is 5.17. The van der Waals surface area contributed by atoms with Crippen molar-refractivity contribution < 1.29 is 23.1 Å². The minimum atomic E-state index is -0.984. The van der Waals surface area contributed by atoms with Gasteiger partial charge in [-0.3, -0.25) is 10.1 Å². The Morgan fingerprint density at radius 2 is 1.98 bits per heavy atom. The molecule has 0 spiro atoms. The maximum Gasteiger partial charge on any atom is 0.344 e. The van der Waals surface area contributed by atoms with Crippen molar-refractivity contribution in [2.75, 3.05) is 7.11 Å². The van der Waals surface area contributed by atoms with E-state index < -0.39 is 23.4 Å². The molecule has 5 aromatic rings. The molecule has 0 saturated heterocycles. The average molecular weight is 563 g/mol. The molecule has 1 atom stereocenters. The number of allylic oxidation sites excluding steroid dienone is 1. The summed E-state index contributed by atoms with van der Waals surface area (Å²) in [7, 11) is 3.22. The van der Waals surface area contributed by atoms with E-state index in [9.17, 15) is 19.2 Å². The van der Waals surface area contributed by atoms with Crippen molar-refractivity contribution in [3.63, 3.8) is 0 Å². The first-order valence-corrected chi connectivity index (χ1v) is 12.9. The van der Waals surface area contributed by atoms with Gasteiger partial charge in [-0.1, -0.05) is 18.2 Å². The minimum absolute atomic E-state index is 0.00262. The number of para-hydroxylation sites is 1. The lowest BCUT2D eigenvalue weighted by Gasteiger charge is -2.28. The lowest BCUT2D eigenvalue weighted by atomic mass is 9.82. The molecular weight excluding hydrogens is 539 g/mol. The molecule has 1 aliphatic rings. The van der Waals surface area contributed by atoms with E-state index >= 15 is 0 Å². The molecule has 9 nitrogen and oxygen atoms in total. The van der Waals surface area contributed by atoms with Gasteiger partial charge in [-0.05, 0) is 55.0 Å². The van der Waals surface area contributed by atoms with Gasteiger partial charge in [-0.15, -0.1) is 0 Å². The third-order valence-electron chi connectivity index (χ3n) is 7.23. The van der Waals surface area contributed by atoms with Crippen molar-refractivity contribution in [3.05, 3.63) is 123 Å². The number of hydrogen-bond donors (Lipinski definition) is 1. The van der Waals surface area contributed by atoms with E-state index in [1.54, 1.807) is 85.4 Å². The highest BCUT2D eigenvalue weighted by Crippen LogP contribution is 2.45. The van der Waals surface area contributed by atoms with E-state index in [0.717, 1.165) is 0 Å². The first kappa shape index (κ1) is 26.5. The van der Waals surface area contributed by atoms with Gasteiger partial charge in [0.2, 0.25) is 11.8 Å². The number of halogens is 1. The molecule has 1 amide bonds. The van der Waals surface area contributed by atoms with Crippen LogP contribution < -0.4 is 20.4 Å². The van der Waals surface area contributed by atoms with Crippen LogP contribution in [-0.4, -0.2) is 22.6 Å². The predicted octanol–water partition coefficient (Wildman–Crippen LogP) is 5.34. The van der Waals surface area contributed by atoms with E-state index in [1.165, 1.54) is 13.3 Å². The van der Waals surface area contributed by atoms with Crippen LogP contribution in [-0.2, 0) is 7.05 Å². The molecule has 208 valence electrons. The number of benzene rings is 2. The Balaban J connectivity index is 1.60. The zero-order chi connectivity index (χ0) is 29.5. The van der Waals surface area contributed by atoms with Gasteiger partial charge in [-0.25, -0.2) is 9.78 Å². The number of fused-ring (bicyclic) bond motifs is 3. The van der Waals surface area contributed by atoms with Crippen molar-refractivity contribution in [3.8, 4) is 28.7 Å². The molecular formula is C32H23FN4O5. The monoisotopic (exact) mass is 562 g/mol. The van der Waals surface area contributed by atoms with E-state index in [0.29, 0.717) is 39.1 Å². The highest BCUT2D eigenvalue weighted by Gasteiger charge is 2.37. The van der Waals surface area contributed by atoms with Crippen molar-refractivity contribution in [1.82, 2.24) is 14.9 Å². The summed E-state index contributed by atoms with van der Waals surface area (Å²) in [6.45, 7) is 1.60. The number of amides is 1. The highest BCUT2D eigenvalue weighted by molar-refractivity contribution is 5.94. The first-order chi connectivity index (χ1) is 20.3.